The molecule has 10 heteroatoms. The maximum atomic E-state index is 14.3. The van der Waals surface area contributed by atoms with Crippen LogP contribution < -0.4 is 4.74 Å². The largest absolute Gasteiger partial charge is 0.465 e. The van der Waals surface area contributed by atoms with E-state index in [2.05, 4.69) is 9.73 Å². The van der Waals surface area contributed by atoms with Gasteiger partial charge >= 0.3 is 12.6 Å². The van der Waals surface area contributed by atoms with Crippen molar-refractivity contribution in [1.82, 2.24) is 0 Å². The number of rotatable bonds is 8. The van der Waals surface area contributed by atoms with Crippen LogP contribution in [0.4, 0.5) is 22.0 Å². The summed E-state index contributed by atoms with van der Waals surface area (Å²) in [5.41, 5.74) is -1.13. The SMILES string of the molecule is CCOC(=O)C(C=NC1CC1)C(=O)c1cc(F)c(F)c(OC(F)F)c1F. The minimum atomic E-state index is -3.65. The van der Waals surface area contributed by atoms with E-state index in [-0.39, 0.29) is 18.7 Å². The monoisotopic (exact) mass is 379 g/mol. The second kappa shape index (κ2) is 8.24. The molecule has 0 spiro atoms. The van der Waals surface area contributed by atoms with Crippen molar-refractivity contribution in [2.75, 3.05) is 6.61 Å². The number of nitrogens with zero attached hydrogens (tertiary/aromatic N) is 1. The molecule has 0 aromatic heterocycles. The highest BCUT2D eigenvalue weighted by Crippen LogP contribution is 2.30. The molecular formula is C16H14F5NO4. The molecule has 5 nitrogen and oxygen atoms in total. The normalized spacial score (nSPS) is 15.3. The van der Waals surface area contributed by atoms with Crippen molar-refractivity contribution in [3.8, 4) is 5.75 Å². The molecule has 1 unspecified atom stereocenters. The van der Waals surface area contributed by atoms with Crippen molar-refractivity contribution in [3.05, 3.63) is 29.1 Å². The minimum Gasteiger partial charge on any atom is -0.465 e. The van der Waals surface area contributed by atoms with Gasteiger partial charge in [-0.05, 0) is 25.8 Å². The number of ketones is 1. The average molecular weight is 379 g/mol. The fourth-order valence-corrected chi connectivity index (χ4v) is 2.02. The molecule has 0 amide bonds. The molecular weight excluding hydrogens is 365 g/mol. The summed E-state index contributed by atoms with van der Waals surface area (Å²) >= 11 is 0. The van der Waals surface area contributed by atoms with Gasteiger partial charge in [0, 0.05) is 12.3 Å². The van der Waals surface area contributed by atoms with Crippen molar-refractivity contribution >= 4 is 18.0 Å². The highest BCUT2D eigenvalue weighted by Gasteiger charge is 2.34. The van der Waals surface area contributed by atoms with Crippen molar-refractivity contribution in [3.63, 3.8) is 0 Å². The topological polar surface area (TPSA) is 65.0 Å². The summed E-state index contributed by atoms with van der Waals surface area (Å²) in [6.07, 6.45) is 2.42. The molecule has 1 aromatic carbocycles. The first-order valence-corrected chi connectivity index (χ1v) is 7.62. The number of halogens is 5. The number of hydrogen-bond acceptors (Lipinski definition) is 5. The molecule has 0 bridgehead atoms. The lowest BCUT2D eigenvalue weighted by atomic mass is 9.97. The van der Waals surface area contributed by atoms with Crippen LogP contribution in [-0.2, 0) is 9.53 Å². The van der Waals surface area contributed by atoms with Crippen LogP contribution in [0.15, 0.2) is 11.1 Å². The summed E-state index contributed by atoms with van der Waals surface area (Å²) in [4.78, 5) is 28.3. The first kappa shape index (κ1) is 19.8. The zero-order valence-corrected chi connectivity index (χ0v) is 13.5. The third-order valence-electron chi connectivity index (χ3n) is 3.40. The van der Waals surface area contributed by atoms with Gasteiger partial charge in [-0.3, -0.25) is 14.6 Å². The van der Waals surface area contributed by atoms with Crippen LogP contribution in [0.25, 0.3) is 0 Å². The molecule has 0 heterocycles. The third-order valence-corrected chi connectivity index (χ3v) is 3.40. The van der Waals surface area contributed by atoms with Gasteiger partial charge in [0.2, 0.25) is 11.6 Å². The standard InChI is InChI=1S/C16H14F5NO4/c1-2-25-15(24)9(6-22-7-3-4-7)13(23)8-5-10(17)12(19)14(11(8)18)26-16(20)21/h5-7,9,16H,2-4H2,1H3. The van der Waals surface area contributed by atoms with Gasteiger partial charge in [0.25, 0.3) is 0 Å². The van der Waals surface area contributed by atoms with E-state index in [4.69, 9.17) is 4.74 Å². The van der Waals surface area contributed by atoms with Crippen LogP contribution in [0.3, 0.4) is 0 Å². The quantitative estimate of drug-likeness (QED) is 0.174. The molecule has 1 saturated carbocycles. The Labute approximate surface area is 144 Å². The van der Waals surface area contributed by atoms with Crippen molar-refractivity contribution in [2.45, 2.75) is 32.4 Å². The third kappa shape index (κ3) is 4.55. The number of carbonyl (C=O) groups excluding carboxylic acids is 2. The predicted molar refractivity (Wildman–Crippen MR) is 78.9 cm³/mol. The van der Waals surface area contributed by atoms with Crippen LogP contribution in [-0.4, -0.2) is 37.2 Å². The molecule has 1 aliphatic carbocycles. The van der Waals surface area contributed by atoms with E-state index in [0.29, 0.717) is 0 Å². The Morgan fingerprint density at radius 1 is 1.27 bits per heavy atom. The maximum absolute atomic E-state index is 14.3. The van der Waals surface area contributed by atoms with Gasteiger partial charge in [-0.1, -0.05) is 0 Å². The Hall–Kier alpha value is -2.52. The summed E-state index contributed by atoms with van der Waals surface area (Å²) in [7, 11) is 0. The molecule has 0 saturated heterocycles. The summed E-state index contributed by atoms with van der Waals surface area (Å²) in [6.45, 7) is -2.29. The fourth-order valence-electron chi connectivity index (χ4n) is 2.02. The van der Waals surface area contributed by atoms with E-state index in [1.54, 1.807) is 0 Å². The average Bonchev–Trinajstić information content (AvgIpc) is 3.39. The van der Waals surface area contributed by atoms with Crippen LogP contribution >= 0.6 is 0 Å². The smallest absolute Gasteiger partial charge is 0.387 e. The van der Waals surface area contributed by atoms with E-state index < -0.39 is 53.0 Å². The molecule has 2 rings (SSSR count). The Morgan fingerprint density at radius 2 is 1.92 bits per heavy atom. The lowest BCUT2D eigenvalue weighted by Gasteiger charge is -2.14. The number of benzene rings is 1. The highest BCUT2D eigenvalue weighted by atomic mass is 19.3. The van der Waals surface area contributed by atoms with Gasteiger partial charge in [0.05, 0.1) is 12.2 Å². The summed E-state index contributed by atoms with van der Waals surface area (Å²) in [6, 6.07) is 0.0787. The van der Waals surface area contributed by atoms with E-state index >= 15 is 0 Å². The Kier molecular flexibility index (Phi) is 6.27. The second-order valence-electron chi connectivity index (χ2n) is 5.36. The fraction of sp³-hybridized carbons (Fsp3) is 0.438. The van der Waals surface area contributed by atoms with Crippen LogP contribution in [0.1, 0.15) is 30.1 Å². The lowest BCUT2D eigenvalue weighted by Crippen LogP contribution is -2.29. The van der Waals surface area contributed by atoms with Crippen LogP contribution in [0.5, 0.6) is 5.75 Å². The number of hydrogen-bond donors (Lipinski definition) is 0. The summed E-state index contributed by atoms with van der Waals surface area (Å²) in [5, 5.41) is 0. The zero-order valence-electron chi connectivity index (χ0n) is 13.5. The Balaban J connectivity index is 2.43. The van der Waals surface area contributed by atoms with Gasteiger partial charge in [-0.2, -0.15) is 13.2 Å². The van der Waals surface area contributed by atoms with E-state index in [1.807, 2.05) is 0 Å². The van der Waals surface area contributed by atoms with Crippen molar-refractivity contribution in [2.24, 2.45) is 10.9 Å². The number of aliphatic imine (C=N–C) groups is 1. The van der Waals surface area contributed by atoms with Gasteiger partial charge < -0.3 is 9.47 Å². The van der Waals surface area contributed by atoms with Crippen LogP contribution in [0, 0.1) is 23.4 Å². The van der Waals surface area contributed by atoms with Crippen molar-refractivity contribution < 1.29 is 41.0 Å². The molecule has 1 fully saturated rings. The summed E-state index contributed by atoms with van der Waals surface area (Å²) in [5.74, 6) is -11.5. The number of ether oxygens (including phenoxy) is 2. The van der Waals surface area contributed by atoms with E-state index in [9.17, 15) is 31.5 Å². The van der Waals surface area contributed by atoms with E-state index in [0.717, 1.165) is 19.1 Å². The number of Topliss-reactive ketones (excluding diaryl/α,β-unsaturated/α-hetero) is 1. The maximum Gasteiger partial charge on any atom is 0.387 e. The van der Waals surface area contributed by atoms with E-state index in [1.165, 1.54) is 6.92 Å². The Bertz CT molecular complexity index is 734. The lowest BCUT2D eigenvalue weighted by molar-refractivity contribution is -0.144. The molecule has 0 radical (unpaired) electrons. The molecule has 1 aromatic rings. The van der Waals surface area contributed by atoms with Gasteiger partial charge in [0.1, 0.15) is 0 Å². The number of carbonyl (C=O) groups is 2. The highest BCUT2D eigenvalue weighted by molar-refractivity contribution is 6.18. The molecule has 1 atom stereocenters. The zero-order chi connectivity index (χ0) is 19.4. The van der Waals surface area contributed by atoms with Gasteiger partial charge in [-0.25, -0.2) is 8.78 Å². The minimum absolute atomic E-state index is 0.0905. The molecule has 142 valence electrons. The van der Waals surface area contributed by atoms with Crippen LogP contribution in [0.2, 0.25) is 0 Å². The Morgan fingerprint density at radius 3 is 2.46 bits per heavy atom. The molecule has 1 aliphatic rings. The van der Waals surface area contributed by atoms with Gasteiger partial charge in [0.15, 0.2) is 23.3 Å². The molecule has 26 heavy (non-hydrogen) atoms. The predicted octanol–water partition coefficient (Wildman–Crippen LogP) is 3.30. The number of alkyl halides is 2. The second-order valence-corrected chi connectivity index (χ2v) is 5.36. The first-order valence-electron chi connectivity index (χ1n) is 7.62. The van der Waals surface area contributed by atoms with Crippen molar-refractivity contribution in [1.29, 1.82) is 0 Å². The molecule has 0 N–H and O–H groups in total. The molecule has 0 aliphatic heterocycles. The van der Waals surface area contributed by atoms with Gasteiger partial charge in [-0.15, -0.1) is 0 Å². The number of esters is 1. The first-order chi connectivity index (χ1) is 12.3. The summed E-state index contributed by atoms with van der Waals surface area (Å²) < 4.78 is 74.3.